The number of rotatable bonds is 7. The summed E-state index contributed by atoms with van der Waals surface area (Å²) >= 11 is 0. The van der Waals surface area contributed by atoms with Crippen molar-refractivity contribution in [3.05, 3.63) is 29.8 Å². The van der Waals surface area contributed by atoms with E-state index in [1.807, 2.05) is 31.2 Å². The van der Waals surface area contributed by atoms with Crippen LogP contribution in [-0.2, 0) is 14.3 Å². The molecule has 1 fully saturated rings. The molecule has 0 bridgehead atoms. The molecule has 1 aromatic carbocycles. The van der Waals surface area contributed by atoms with Crippen molar-refractivity contribution in [2.45, 2.75) is 38.6 Å². The molecule has 0 aromatic heterocycles. The lowest BCUT2D eigenvalue weighted by atomic mass is 10.0. The number of benzene rings is 1. The van der Waals surface area contributed by atoms with Crippen LogP contribution in [-0.4, -0.2) is 50.6 Å². The number of esters is 1. The highest BCUT2D eigenvalue weighted by molar-refractivity contribution is 5.99. The van der Waals surface area contributed by atoms with Gasteiger partial charge in [-0.2, -0.15) is 0 Å². The quantitative estimate of drug-likeness (QED) is 0.567. The van der Waals surface area contributed by atoms with E-state index in [9.17, 15) is 14.4 Å². The molecule has 26 heavy (non-hydrogen) atoms. The second kappa shape index (κ2) is 9.79. The van der Waals surface area contributed by atoms with Crippen molar-refractivity contribution in [3.63, 3.8) is 0 Å². The van der Waals surface area contributed by atoms with Gasteiger partial charge in [0.25, 0.3) is 5.91 Å². The average Bonchev–Trinajstić information content (AvgIpc) is 2.66. The molecule has 1 aliphatic heterocycles. The van der Waals surface area contributed by atoms with E-state index >= 15 is 0 Å². The third kappa shape index (κ3) is 5.47. The Morgan fingerprint density at radius 1 is 1.19 bits per heavy atom. The van der Waals surface area contributed by atoms with Crippen LogP contribution in [0.2, 0.25) is 0 Å². The van der Waals surface area contributed by atoms with Gasteiger partial charge in [-0.25, -0.2) is 0 Å². The van der Waals surface area contributed by atoms with Crippen molar-refractivity contribution >= 4 is 23.5 Å². The molecule has 0 spiro atoms. The Labute approximate surface area is 154 Å². The fourth-order valence-corrected chi connectivity index (χ4v) is 3.02. The highest BCUT2D eigenvalue weighted by atomic mass is 16.5. The van der Waals surface area contributed by atoms with Gasteiger partial charge in [0, 0.05) is 31.4 Å². The minimum absolute atomic E-state index is 0.0319. The summed E-state index contributed by atoms with van der Waals surface area (Å²) < 4.78 is 4.50. The lowest BCUT2D eigenvalue weighted by molar-refractivity contribution is -0.144. The van der Waals surface area contributed by atoms with E-state index in [0.717, 1.165) is 38.0 Å². The Morgan fingerprint density at radius 2 is 1.88 bits per heavy atom. The summed E-state index contributed by atoms with van der Waals surface area (Å²) in [6.07, 6.45) is 2.16. The van der Waals surface area contributed by atoms with Crippen LogP contribution in [0.5, 0.6) is 0 Å². The lowest BCUT2D eigenvalue weighted by Crippen LogP contribution is -2.45. The number of carbonyl (C=O) groups is 3. The first-order valence-corrected chi connectivity index (χ1v) is 9.03. The zero-order valence-electron chi connectivity index (χ0n) is 15.4. The first-order chi connectivity index (χ1) is 12.5. The number of hydrogen-bond donors (Lipinski definition) is 2. The minimum Gasteiger partial charge on any atom is -0.469 e. The number of para-hydroxylation sites is 1. The molecule has 1 heterocycles. The van der Waals surface area contributed by atoms with Crippen molar-refractivity contribution in [1.82, 2.24) is 10.6 Å². The maximum atomic E-state index is 12.4. The fraction of sp³-hybridized carbons (Fsp3) is 0.526. The van der Waals surface area contributed by atoms with Gasteiger partial charge in [0.05, 0.1) is 12.7 Å². The highest BCUT2D eigenvalue weighted by Gasteiger charge is 2.24. The van der Waals surface area contributed by atoms with Crippen LogP contribution in [0.1, 0.15) is 43.0 Å². The summed E-state index contributed by atoms with van der Waals surface area (Å²) in [5.74, 6) is -0.905. The zero-order chi connectivity index (χ0) is 18.9. The molecule has 7 heteroatoms. The third-order valence-corrected chi connectivity index (χ3v) is 4.42. The van der Waals surface area contributed by atoms with E-state index in [0.29, 0.717) is 12.1 Å². The van der Waals surface area contributed by atoms with Crippen molar-refractivity contribution in [1.29, 1.82) is 0 Å². The van der Waals surface area contributed by atoms with Crippen molar-refractivity contribution in [2.75, 3.05) is 31.6 Å². The van der Waals surface area contributed by atoms with Gasteiger partial charge < -0.3 is 20.3 Å². The van der Waals surface area contributed by atoms with Crippen LogP contribution >= 0.6 is 0 Å². The van der Waals surface area contributed by atoms with Crippen molar-refractivity contribution in [3.8, 4) is 0 Å². The molecule has 2 amide bonds. The molecular weight excluding hydrogens is 334 g/mol. The van der Waals surface area contributed by atoms with E-state index in [-0.39, 0.29) is 24.3 Å². The van der Waals surface area contributed by atoms with Gasteiger partial charge in [0.1, 0.15) is 6.42 Å². The summed E-state index contributed by atoms with van der Waals surface area (Å²) in [5, 5.41) is 5.80. The minimum atomic E-state index is -0.535. The van der Waals surface area contributed by atoms with Gasteiger partial charge in [0.15, 0.2) is 0 Å². The summed E-state index contributed by atoms with van der Waals surface area (Å²) in [6.45, 7) is 4.15. The average molecular weight is 361 g/mol. The van der Waals surface area contributed by atoms with Gasteiger partial charge in [-0.3, -0.25) is 14.4 Å². The maximum Gasteiger partial charge on any atom is 0.315 e. The molecule has 1 aliphatic rings. The Morgan fingerprint density at radius 3 is 2.54 bits per heavy atom. The fourth-order valence-electron chi connectivity index (χ4n) is 3.02. The number of nitrogens with zero attached hydrogens (tertiary/aromatic N) is 1. The van der Waals surface area contributed by atoms with Gasteiger partial charge in [-0.1, -0.05) is 19.1 Å². The zero-order valence-corrected chi connectivity index (χ0v) is 15.4. The smallest absolute Gasteiger partial charge is 0.315 e. The van der Waals surface area contributed by atoms with E-state index in [1.54, 1.807) is 0 Å². The van der Waals surface area contributed by atoms with Crippen LogP contribution in [0.25, 0.3) is 0 Å². The second-order valence-corrected chi connectivity index (χ2v) is 6.35. The number of hydrogen-bond acceptors (Lipinski definition) is 5. The highest BCUT2D eigenvalue weighted by Crippen LogP contribution is 2.24. The Hall–Kier alpha value is -2.57. The standard InChI is InChI=1S/C19H27N3O4/c1-3-10-20-19(25)15-6-4-5-7-16(15)22-11-8-14(9-12-22)21-17(23)13-18(24)26-2/h4-7,14H,3,8-13H2,1-2H3,(H,20,25)(H,21,23). The molecule has 0 saturated carbocycles. The molecule has 2 N–H and O–H groups in total. The summed E-state index contributed by atoms with van der Waals surface area (Å²) in [5.41, 5.74) is 1.59. The van der Waals surface area contributed by atoms with Gasteiger partial charge in [-0.15, -0.1) is 0 Å². The monoisotopic (exact) mass is 361 g/mol. The topological polar surface area (TPSA) is 87.7 Å². The number of carbonyl (C=O) groups excluding carboxylic acids is 3. The van der Waals surface area contributed by atoms with E-state index in [2.05, 4.69) is 20.3 Å². The van der Waals surface area contributed by atoms with Crippen LogP contribution in [0, 0.1) is 0 Å². The molecular formula is C19H27N3O4. The summed E-state index contributed by atoms with van der Waals surface area (Å²) in [6, 6.07) is 7.62. The SMILES string of the molecule is CCCNC(=O)c1ccccc1N1CCC(NC(=O)CC(=O)OC)CC1. The van der Waals surface area contributed by atoms with Crippen LogP contribution in [0.15, 0.2) is 24.3 Å². The number of piperidine rings is 1. The normalized spacial score (nSPS) is 14.6. The number of methoxy groups -OCH3 is 1. The first kappa shape index (κ1) is 19.8. The Kier molecular flexibility index (Phi) is 7.44. The molecule has 1 aromatic rings. The first-order valence-electron chi connectivity index (χ1n) is 9.03. The van der Waals surface area contributed by atoms with Gasteiger partial charge >= 0.3 is 5.97 Å². The Bertz CT molecular complexity index is 639. The lowest BCUT2D eigenvalue weighted by Gasteiger charge is -2.34. The van der Waals surface area contributed by atoms with Gasteiger partial charge in [-0.05, 0) is 31.4 Å². The van der Waals surface area contributed by atoms with Gasteiger partial charge in [0.2, 0.25) is 5.91 Å². The van der Waals surface area contributed by atoms with E-state index < -0.39 is 5.97 Å². The van der Waals surface area contributed by atoms with Crippen molar-refractivity contribution < 1.29 is 19.1 Å². The molecule has 142 valence electrons. The van der Waals surface area contributed by atoms with E-state index in [4.69, 9.17) is 0 Å². The number of nitrogens with one attached hydrogen (secondary N) is 2. The molecule has 0 aliphatic carbocycles. The predicted octanol–water partition coefficient (Wildman–Crippen LogP) is 1.47. The molecule has 2 rings (SSSR count). The van der Waals surface area contributed by atoms with Crippen LogP contribution in [0.4, 0.5) is 5.69 Å². The number of anilines is 1. The number of amides is 2. The summed E-state index contributed by atoms with van der Waals surface area (Å²) in [4.78, 5) is 37.5. The maximum absolute atomic E-state index is 12.4. The molecule has 0 radical (unpaired) electrons. The third-order valence-electron chi connectivity index (χ3n) is 4.42. The molecule has 0 unspecified atom stereocenters. The van der Waals surface area contributed by atoms with Crippen LogP contribution in [0.3, 0.4) is 0 Å². The largest absolute Gasteiger partial charge is 0.469 e. The van der Waals surface area contributed by atoms with Crippen LogP contribution < -0.4 is 15.5 Å². The summed E-state index contributed by atoms with van der Waals surface area (Å²) in [7, 11) is 1.27. The van der Waals surface area contributed by atoms with E-state index in [1.165, 1.54) is 7.11 Å². The predicted molar refractivity (Wildman–Crippen MR) is 99.1 cm³/mol. The molecule has 7 nitrogen and oxygen atoms in total. The molecule has 0 atom stereocenters. The Balaban J connectivity index is 1.93. The molecule has 1 saturated heterocycles. The second-order valence-electron chi connectivity index (χ2n) is 6.35. The van der Waals surface area contributed by atoms with Crippen molar-refractivity contribution in [2.24, 2.45) is 0 Å². The number of ether oxygens (including phenoxy) is 1.